The summed E-state index contributed by atoms with van der Waals surface area (Å²) >= 11 is 0. The SMILES string of the molecule is CCCC/C=C\CCCCCCCC(=O)OCC(COC1OC(C(=O)O)C(O)C(O)C1OC(=O)CCCCCCCCCCC)OC(=O)CCCCCCCCCCCCC. The standard InChI is InChI=1S/C49H88O12/c1-4-7-10-13-16-19-21-24-26-29-32-35-41(50)57-38-40(59-42(51)36-33-30-28-25-22-20-17-14-11-8-5-2)39-58-49-47(45(54)44(53)46(61-49)48(55)56)60-43(52)37-34-31-27-23-18-15-12-9-6-3/h13,16,40,44-47,49,53-54H,4-12,14-15,17-39H2,1-3H3,(H,55,56)/b16-13-. The number of carbonyl (C=O) groups is 4. The van der Waals surface area contributed by atoms with Crippen LogP contribution in [0, 0.1) is 0 Å². The molecule has 0 spiro atoms. The van der Waals surface area contributed by atoms with Gasteiger partial charge in [0.05, 0.1) is 6.61 Å². The van der Waals surface area contributed by atoms with Crippen LogP contribution in [0.25, 0.3) is 0 Å². The lowest BCUT2D eigenvalue weighted by molar-refractivity contribution is -0.301. The molecule has 0 amide bonds. The Labute approximate surface area is 369 Å². The van der Waals surface area contributed by atoms with Gasteiger partial charge in [-0.15, -0.1) is 0 Å². The number of esters is 3. The Hall–Kier alpha value is -2.54. The fourth-order valence-corrected chi connectivity index (χ4v) is 7.47. The molecule has 1 fully saturated rings. The van der Waals surface area contributed by atoms with Gasteiger partial charge >= 0.3 is 23.9 Å². The van der Waals surface area contributed by atoms with Crippen molar-refractivity contribution < 1.29 is 58.2 Å². The van der Waals surface area contributed by atoms with Crippen molar-refractivity contribution in [3.63, 3.8) is 0 Å². The first kappa shape index (κ1) is 56.5. The van der Waals surface area contributed by atoms with Crippen LogP contribution in [-0.2, 0) is 42.9 Å². The highest BCUT2D eigenvalue weighted by atomic mass is 16.7. The molecule has 6 unspecified atom stereocenters. The first-order valence-electron chi connectivity index (χ1n) is 24.7. The number of carboxylic acid groups (broad SMARTS) is 1. The van der Waals surface area contributed by atoms with Gasteiger partial charge in [-0.3, -0.25) is 14.4 Å². The van der Waals surface area contributed by atoms with Crippen LogP contribution in [0.1, 0.15) is 226 Å². The fraction of sp³-hybridized carbons (Fsp3) is 0.878. The van der Waals surface area contributed by atoms with Gasteiger partial charge in [-0.25, -0.2) is 4.79 Å². The summed E-state index contributed by atoms with van der Waals surface area (Å²) < 4.78 is 28.2. The highest BCUT2D eigenvalue weighted by Gasteiger charge is 2.50. The van der Waals surface area contributed by atoms with Crippen LogP contribution >= 0.6 is 0 Å². The van der Waals surface area contributed by atoms with E-state index >= 15 is 0 Å². The molecule has 12 heteroatoms. The van der Waals surface area contributed by atoms with Crippen LogP contribution in [0.5, 0.6) is 0 Å². The van der Waals surface area contributed by atoms with Crippen molar-refractivity contribution in [1.29, 1.82) is 0 Å². The molecule has 356 valence electrons. The number of unbranched alkanes of at least 4 members (excludes halogenated alkanes) is 25. The van der Waals surface area contributed by atoms with Crippen molar-refractivity contribution in [3.8, 4) is 0 Å². The topological polar surface area (TPSA) is 175 Å². The van der Waals surface area contributed by atoms with Crippen molar-refractivity contribution in [2.75, 3.05) is 13.2 Å². The van der Waals surface area contributed by atoms with Gasteiger partial charge in [-0.05, 0) is 38.5 Å². The molecule has 6 atom stereocenters. The summed E-state index contributed by atoms with van der Waals surface area (Å²) in [6.45, 7) is 5.88. The number of rotatable bonds is 41. The van der Waals surface area contributed by atoms with Crippen molar-refractivity contribution in [3.05, 3.63) is 12.2 Å². The van der Waals surface area contributed by atoms with E-state index in [4.69, 9.17) is 23.7 Å². The van der Waals surface area contributed by atoms with Gasteiger partial charge in [0.15, 0.2) is 24.6 Å². The second-order valence-corrected chi connectivity index (χ2v) is 17.1. The van der Waals surface area contributed by atoms with Crippen molar-refractivity contribution in [2.45, 2.75) is 263 Å². The van der Waals surface area contributed by atoms with Crippen LogP contribution in [0.2, 0.25) is 0 Å². The fourth-order valence-electron chi connectivity index (χ4n) is 7.47. The number of carbonyl (C=O) groups excluding carboxylic acids is 3. The summed E-state index contributed by atoms with van der Waals surface area (Å²) in [4.78, 5) is 50.5. The van der Waals surface area contributed by atoms with E-state index in [0.29, 0.717) is 19.3 Å². The third-order valence-corrected chi connectivity index (χ3v) is 11.3. The minimum Gasteiger partial charge on any atom is -0.479 e. The minimum atomic E-state index is -1.89. The Balaban J connectivity index is 2.76. The Bertz CT molecular complexity index is 1130. The van der Waals surface area contributed by atoms with E-state index in [1.807, 2.05) is 0 Å². The molecule has 1 aliphatic rings. The lowest BCUT2D eigenvalue weighted by Crippen LogP contribution is -2.61. The molecule has 0 aromatic carbocycles. The molecule has 0 aliphatic carbocycles. The molecule has 3 N–H and O–H groups in total. The average molecular weight is 869 g/mol. The van der Waals surface area contributed by atoms with Crippen molar-refractivity contribution >= 4 is 23.9 Å². The molecule has 0 bridgehead atoms. The van der Waals surface area contributed by atoms with E-state index < -0.39 is 67.3 Å². The van der Waals surface area contributed by atoms with E-state index in [2.05, 4.69) is 32.9 Å². The average Bonchev–Trinajstić information content (AvgIpc) is 3.24. The molecule has 1 aliphatic heterocycles. The number of hydrogen-bond donors (Lipinski definition) is 3. The van der Waals surface area contributed by atoms with Crippen LogP contribution in [0.15, 0.2) is 12.2 Å². The van der Waals surface area contributed by atoms with E-state index in [1.54, 1.807) is 0 Å². The van der Waals surface area contributed by atoms with Crippen LogP contribution < -0.4 is 0 Å². The zero-order valence-electron chi connectivity index (χ0n) is 38.7. The second kappa shape index (κ2) is 39.1. The summed E-state index contributed by atoms with van der Waals surface area (Å²) in [6, 6.07) is 0. The first-order valence-corrected chi connectivity index (χ1v) is 24.7. The van der Waals surface area contributed by atoms with Gasteiger partial charge in [0.25, 0.3) is 0 Å². The number of aliphatic carboxylic acids is 1. The van der Waals surface area contributed by atoms with E-state index in [9.17, 15) is 34.5 Å². The van der Waals surface area contributed by atoms with E-state index in [0.717, 1.165) is 83.5 Å². The highest BCUT2D eigenvalue weighted by molar-refractivity contribution is 5.74. The van der Waals surface area contributed by atoms with Crippen LogP contribution in [0.3, 0.4) is 0 Å². The summed E-state index contributed by atoms with van der Waals surface area (Å²) in [6.07, 6.45) is 26.5. The first-order chi connectivity index (χ1) is 29.6. The van der Waals surface area contributed by atoms with Gasteiger partial charge in [0.2, 0.25) is 0 Å². The molecule has 1 heterocycles. The van der Waals surface area contributed by atoms with Crippen LogP contribution in [0.4, 0.5) is 0 Å². The molecule has 0 aromatic heterocycles. The molecular formula is C49H88O12. The maximum atomic E-state index is 13.0. The monoisotopic (exact) mass is 869 g/mol. The molecule has 61 heavy (non-hydrogen) atoms. The third kappa shape index (κ3) is 30.2. The molecule has 1 rings (SSSR count). The quantitative estimate of drug-likeness (QED) is 0.0230. The van der Waals surface area contributed by atoms with Crippen LogP contribution in [-0.4, -0.2) is 89.2 Å². The summed E-state index contributed by atoms with van der Waals surface area (Å²) in [5, 5.41) is 31.2. The normalized spacial score (nSPS) is 19.5. The number of ether oxygens (including phenoxy) is 5. The molecule has 12 nitrogen and oxygen atoms in total. The Morgan fingerprint density at radius 1 is 0.525 bits per heavy atom. The molecule has 1 saturated heterocycles. The number of hydrogen-bond acceptors (Lipinski definition) is 11. The maximum absolute atomic E-state index is 13.0. The lowest BCUT2D eigenvalue weighted by Gasteiger charge is -2.40. The van der Waals surface area contributed by atoms with Crippen molar-refractivity contribution in [2.24, 2.45) is 0 Å². The Kier molecular flexibility index (Phi) is 36.2. The zero-order valence-corrected chi connectivity index (χ0v) is 38.7. The number of aliphatic hydroxyl groups excluding tert-OH is 2. The molecule has 0 saturated carbocycles. The van der Waals surface area contributed by atoms with Gasteiger partial charge in [0, 0.05) is 19.3 Å². The van der Waals surface area contributed by atoms with Crippen molar-refractivity contribution in [1.82, 2.24) is 0 Å². The summed E-state index contributed by atoms with van der Waals surface area (Å²) in [5.41, 5.74) is 0. The smallest absolute Gasteiger partial charge is 0.335 e. The largest absolute Gasteiger partial charge is 0.479 e. The second-order valence-electron chi connectivity index (χ2n) is 17.1. The number of aliphatic hydroxyl groups is 2. The van der Waals surface area contributed by atoms with Gasteiger partial charge in [-0.2, -0.15) is 0 Å². The Morgan fingerprint density at radius 2 is 0.951 bits per heavy atom. The maximum Gasteiger partial charge on any atom is 0.335 e. The lowest BCUT2D eigenvalue weighted by atomic mass is 9.98. The van der Waals surface area contributed by atoms with Gasteiger partial charge in [-0.1, -0.05) is 181 Å². The predicted octanol–water partition coefficient (Wildman–Crippen LogP) is 11.0. The van der Waals surface area contributed by atoms with E-state index in [1.165, 1.54) is 83.5 Å². The summed E-state index contributed by atoms with van der Waals surface area (Å²) in [5.74, 6) is -3.11. The summed E-state index contributed by atoms with van der Waals surface area (Å²) in [7, 11) is 0. The molecule has 0 radical (unpaired) electrons. The van der Waals surface area contributed by atoms with E-state index in [-0.39, 0.29) is 25.9 Å². The molecular weight excluding hydrogens is 781 g/mol. The number of allylic oxidation sites excluding steroid dienone is 2. The zero-order chi connectivity index (χ0) is 44.8. The minimum absolute atomic E-state index is 0.0654. The highest BCUT2D eigenvalue weighted by Crippen LogP contribution is 2.26. The van der Waals surface area contributed by atoms with Gasteiger partial charge in [0.1, 0.15) is 18.8 Å². The number of carboxylic acids is 1. The predicted molar refractivity (Wildman–Crippen MR) is 239 cm³/mol. The van der Waals surface area contributed by atoms with Gasteiger partial charge < -0.3 is 39.0 Å². The molecule has 0 aromatic rings. The third-order valence-electron chi connectivity index (χ3n) is 11.3. The Morgan fingerprint density at radius 3 is 1.44 bits per heavy atom.